The van der Waals surface area contributed by atoms with Crippen LogP contribution in [-0.2, 0) is 13.0 Å². The number of nitrogens with one attached hydrogen (secondary N) is 1. The number of benzene rings is 2. The van der Waals surface area contributed by atoms with Crippen LogP contribution < -0.4 is 5.32 Å². The van der Waals surface area contributed by atoms with E-state index in [0.29, 0.717) is 5.00 Å². The normalized spacial score (nSPS) is 14.0. The van der Waals surface area contributed by atoms with Crippen molar-refractivity contribution in [2.45, 2.75) is 19.9 Å². The Bertz CT molecular complexity index is 1260. The Morgan fingerprint density at radius 3 is 2.77 bits per heavy atom. The standard InChI is InChI=1S/C23H19F2N3OS2/c1-2-28-10-9-14-19(12-28)31-23(27-21(29)13-7-8-15(24)16(25)11-13)20(14)22-26-17-5-3-4-6-18(17)30-22/h3-8,11H,2,9-10,12H2,1H3,(H,27,29). The fourth-order valence-corrected chi connectivity index (χ4v) is 6.23. The van der Waals surface area contributed by atoms with Crippen LogP contribution in [0.3, 0.4) is 0 Å². The van der Waals surface area contributed by atoms with Crippen molar-refractivity contribution in [2.24, 2.45) is 0 Å². The molecule has 0 fully saturated rings. The first kappa shape index (κ1) is 20.2. The van der Waals surface area contributed by atoms with Crippen molar-refractivity contribution in [3.05, 3.63) is 70.1 Å². The maximum Gasteiger partial charge on any atom is 0.256 e. The lowest BCUT2D eigenvalue weighted by molar-refractivity contribution is 0.102. The van der Waals surface area contributed by atoms with Crippen LogP contribution in [0.1, 0.15) is 27.7 Å². The summed E-state index contributed by atoms with van der Waals surface area (Å²) in [6.45, 7) is 4.88. The summed E-state index contributed by atoms with van der Waals surface area (Å²) in [4.78, 5) is 21.2. The molecule has 1 amide bonds. The van der Waals surface area contributed by atoms with Crippen LogP contribution in [0.15, 0.2) is 42.5 Å². The number of anilines is 1. The molecule has 3 heterocycles. The molecule has 4 nitrogen and oxygen atoms in total. The monoisotopic (exact) mass is 455 g/mol. The van der Waals surface area contributed by atoms with Gasteiger partial charge in [-0.25, -0.2) is 13.8 Å². The number of hydrogen-bond acceptors (Lipinski definition) is 5. The maximum atomic E-state index is 13.6. The van der Waals surface area contributed by atoms with Gasteiger partial charge < -0.3 is 5.32 Å². The van der Waals surface area contributed by atoms with E-state index in [9.17, 15) is 13.6 Å². The molecule has 2 aromatic carbocycles. The van der Waals surface area contributed by atoms with Gasteiger partial charge in [0.25, 0.3) is 5.91 Å². The molecule has 0 atom stereocenters. The van der Waals surface area contributed by atoms with E-state index in [-0.39, 0.29) is 5.56 Å². The first-order valence-electron chi connectivity index (χ1n) is 10.0. The summed E-state index contributed by atoms with van der Waals surface area (Å²) < 4.78 is 28.0. The van der Waals surface area contributed by atoms with E-state index in [4.69, 9.17) is 4.98 Å². The molecule has 0 saturated carbocycles. The topological polar surface area (TPSA) is 45.2 Å². The highest BCUT2D eigenvalue weighted by atomic mass is 32.1. The number of amides is 1. The Morgan fingerprint density at radius 2 is 2.00 bits per heavy atom. The summed E-state index contributed by atoms with van der Waals surface area (Å²) >= 11 is 3.14. The molecule has 0 spiro atoms. The number of aromatic nitrogens is 1. The zero-order valence-corrected chi connectivity index (χ0v) is 18.4. The number of likely N-dealkylation sites (N-methyl/N-ethyl adjacent to an activating group) is 1. The molecule has 8 heteroatoms. The second-order valence-corrected chi connectivity index (χ2v) is 9.53. The van der Waals surface area contributed by atoms with Crippen LogP contribution in [-0.4, -0.2) is 28.9 Å². The molecule has 1 aliphatic heterocycles. The second kappa shape index (κ2) is 8.11. The van der Waals surface area contributed by atoms with Crippen LogP contribution in [0.4, 0.5) is 13.8 Å². The summed E-state index contributed by atoms with van der Waals surface area (Å²) in [5.74, 6) is -2.48. The number of hydrogen-bond donors (Lipinski definition) is 1. The minimum absolute atomic E-state index is 0.0794. The van der Waals surface area contributed by atoms with Crippen molar-refractivity contribution >= 4 is 43.8 Å². The second-order valence-electron chi connectivity index (χ2n) is 7.40. The van der Waals surface area contributed by atoms with E-state index in [0.717, 1.165) is 59.0 Å². The highest BCUT2D eigenvalue weighted by Crippen LogP contribution is 2.45. The van der Waals surface area contributed by atoms with Crippen LogP contribution in [0.25, 0.3) is 20.8 Å². The molecule has 1 N–H and O–H groups in total. The Hall–Kier alpha value is -2.68. The zero-order valence-electron chi connectivity index (χ0n) is 16.7. The van der Waals surface area contributed by atoms with E-state index in [1.54, 1.807) is 22.7 Å². The molecule has 4 aromatic rings. The van der Waals surface area contributed by atoms with Crippen molar-refractivity contribution in [2.75, 3.05) is 18.4 Å². The fraction of sp³-hybridized carbons (Fsp3) is 0.217. The van der Waals surface area contributed by atoms with Crippen LogP contribution in [0, 0.1) is 11.6 Å². The zero-order chi connectivity index (χ0) is 21.5. The Morgan fingerprint density at radius 1 is 1.16 bits per heavy atom. The predicted molar refractivity (Wildman–Crippen MR) is 122 cm³/mol. The van der Waals surface area contributed by atoms with Crippen LogP contribution in [0.2, 0.25) is 0 Å². The number of carbonyl (C=O) groups is 1. The lowest BCUT2D eigenvalue weighted by atomic mass is 10.0. The fourth-order valence-electron chi connectivity index (χ4n) is 3.83. The van der Waals surface area contributed by atoms with Gasteiger partial charge in [-0.1, -0.05) is 19.1 Å². The summed E-state index contributed by atoms with van der Waals surface area (Å²) in [6.07, 6.45) is 0.881. The van der Waals surface area contributed by atoms with Gasteiger partial charge in [0.1, 0.15) is 10.0 Å². The minimum atomic E-state index is -1.04. The molecule has 0 unspecified atom stereocenters. The Kier molecular flexibility index (Phi) is 5.29. The molecule has 0 aliphatic carbocycles. The summed E-state index contributed by atoms with van der Waals surface area (Å²) in [6, 6.07) is 11.1. The number of thiazole rings is 1. The Labute approximate surface area is 186 Å². The maximum absolute atomic E-state index is 13.6. The molecule has 2 aromatic heterocycles. The molecule has 0 saturated heterocycles. The van der Waals surface area contributed by atoms with Gasteiger partial charge in [0, 0.05) is 29.1 Å². The summed E-state index contributed by atoms with van der Waals surface area (Å²) in [5.41, 5.74) is 3.17. The lowest BCUT2D eigenvalue weighted by Crippen LogP contribution is -2.29. The van der Waals surface area contributed by atoms with Crippen molar-refractivity contribution in [3.8, 4) is 10.6 Å². The number of halogens is 2. The lowest BCUT2D eigenvalue weighted by Gasteiger charge is -2.25. The van der Waals surface area contributed by atoms with Crippen molar-refractivity contribution in [1.82, 2.24) is 9.88 Å². The Balaban J connectivity index is 1.58. The van der Waals surface area contributed by atoms with E-state index in [2.05, 4.69) is 17.1 Å². The highest BCUT2D eigenvalue weighted by molar-refractivity contribution is 7.23. The van der Waals surface area contributed by atoms with E-state index >= 15 is 0 Å². The molecule has 31 heavy (non-hydrogen) atoms. The van der Waals surface area contributed by atoms with Crippen LogP contribution >= 0.6 is 22.7 Å². The van der Waals surface area contributed by atoms with Crippen molar-refractivity contribution in [1.29, 1.82) is 0 Å². The largest absolute Gasteiger partial charge is 0.313 e. The van der Waals surface area contributed by atoms with E-state index in [1.807, 2.05) is 24.3 Å². The summed E-state index contributed by atoms with van der Waals surface area (Å²) in [5, 5.41) is 4.52. The van der Waals surface area contributed by atoms with Crippen molar-refractivity contribution < 1.29 is 13.6 Å². The van der Waals surface area contributed by atoms with Gasteiger partial charge in [0.2, 0.25) is 0 Å². The number of nitrogens with zero attached hydrogens (tertiary/aromatic N) is 2. The average Bonchev–Trinajstić information content (AvgIpc) is 3.35. The third-order valence-corrected chi connectivity index (χ3v) is 7.69. The molecule has 1 aliphatic rings. The van der Waals surface area contributed by atoms with Gasteiger partial charge in [-0.15, -0.1) is 22.7 Å². The summed E-state index contributed by atoms with van der Waals surface area (Å²) in [7, 11) is 0. The van der Waals surface area contributed by atoms with Gasteiger partial charge in [0.05, 0.1) is 10.2 Å². The van der Waals surface area contributed by atoms with Crippen molar-refractivity contribution in [3.63, 3.8) is 0 Å². The quantitative estimate of drug-likeness (QED) is 0.415. The molecule has 0 radical (unpaired) electrons. The number of carbonyl (C=O) groups excluding carboxylic acids is 1. The van der Waals surface area contributed by atoms with Gasteiger partial charge >= 0.3 is 0 Å². The third kappa shape index (κ3) is 3.75. The predicted octanol–water partition coefficient (Wildman–Crippen LogP) is 5.93. The first-order chi connectivity index (χ1) is 15.0. The number of para-hydroxylation sites is 1. The highest BCUT2D eigenvalue weighted by Gasteiger charge is 2.27. The van der Waals surface area contributed by atoms with Gasteiger partial charge in [-0.05, 0) is 48.9 Å². The molecular formula is C23H19F2N3OS2. The minimum Gasteiger partial charge on any atom is -0.313 e. The number of fused-ring (bicyclic) bond motifs is 2. The van der Waals surface area contributed by atoms with Gasteiger partial charge in [0.15, 0.2) is 11.6 Å². The number of thiophene rings is 1. The smallest absolute Gasteiger partial charge is 0.256 e. The number of rotatable bonds is 4. The molecule has 0 bridgehead atoms. The SMILES string of the molecule is CCN1CCc2c(sc(NC(=O)c3ccc(F)c(F)c3)c2-c2nc3ccccc3s2)C1. The van der Waals surface area contributed by atoms with E-state index in [1.165, 1.54) is 16.5 Å². The molecular weight excluding hydrogens is 436 g/mol. The van der Waals surface area contributed by atoms with E-state index < -0.39 is 17.5 Å². The first-order valence-corrected chi connectivity index (χ1v) is 11.7. The van der Waals surface area contributed by atoms with Crippen LogP contribution in [0.5, 0.6) is 0 Å². The van der Waals surface area contributed by atoms with Gasteiger partial charge in [-0.3, -0.25) is 9.69 Å². The molecule has 5 rings (SSSR count). The van der Waals surface area contributed by atoms with Gasteiger partial charge in [-0.2, -0.15) is 0 Å². The average molecular weight is 456 g/mol. The third-order valence-electron chi connectivity index (χ3n) is 5.50. The molecule has 158 valence electrons.